The number of non-ortho nitro benzene ring substituents is 1. The Hall–Kier alpha value is -4.12. The van der Waals surface area contributed by atoms with Crippen LogP contribution in [0.2, 0.25) is 0 Å². The molecule has 3 aromatic carbocycles. The minimum absolute atomic E-state index is 0.0169. The summed E-state index contributed by atoms with van der Waals surface area (Å²) in [6, 6.07) is 18.7. The number of hydrogen-bond donors (Lipinski definition) is 2. The number of nitro groups is 2. The van der Waals surface area contributed by atoms with E-state index >= 15 is 0 Å². The van der Waals surface area contributed by atoms with E-state index in [1.54, 1.807) is 6.92 Å². The molecule has 0 aromatic heterocycles. The van der Waals surface area contributed by atoms with Gasteiger partial charge in [0.25, 0.3) is 5.69 Å². The second kappa shape index (κ2) is 11.1. The van der Waals surface area contributed by atoms with Crippen LogP contribution in [0, 0.1) is 20.2 Å². The van der Waals surface area contributed by atoms with Crippen molar-refractivity contribution in [2.24, 2.45) is 5.10 Å². The zero-order chi connectivity index (χ0) is 24.7. The molecule has 0 aliphatic carbocycles. The second-order valence-electron chi connectivity index (χ2n) is 7.40. The maximum Gasteiger partial charge on any atom is 0.301 e. The number of amides is 1. The fourth-order valence-corrected chi connectivity index (χ4v) is 3.32. The molecule has 0 spiro atoms. The van der Waals surface area contributed by atoms with Gasteiger partial charge in [0.05, 0.1) is 22.3 Å². The summed E-state index contributed by atoms with van der Waals surface area (Å²) in [5.41, 5.74) is 4.88. The Morgan fingerprint density at radius 3 is 2.15 bits per heavy atom. The van der Waals surface area contributed by atoms with E-state index in [-0.39, 0.29) is 18.0 Å². The summed E-state index contributed by atoms with van der Waals surface area (Å²) < 4.78 is 1.02. The van der Waals surface area contributed by atoms with Crippen LogP contribution in [0.1, 0.15) is 24.5 Å². The average Bonchev–Trinajstić information content (AvgIpc) is 2.80. The van der Waals surface area contributed by atoms with Gasteiger partial charge in [0, 0.05) is 21.9 Å². The zero-order valence-corrected chi connectivity index (χ0v) is 19.6. The van der Waals surface area contributed by atoms with Crippen LogP contribution in [0.3, 0.4) is 0 Å². The van der Waals surface area contributed by atoms with E-state index in [0.717, 1.165) is 28.6 Å². The second-order valence-corrected chi connectivity index (χ2v) is 8.32. The van der Waals surface area contributed by atoms with Crippen molar-refractivity contribution in [2.45, 2.75) is 19.8 Å². The van der Waals surface area contributed by atoms with Gasteiger partial charge < -0.3 is 5.32 Å². The number of anilines is 2. The van der Waals surface area contributed by atoms with Crippen LogP contribution < -0.4 is 10.7 Å². The van der Waals surface area contributed by atoms with Gasteiger partial charge in [-0.05, 0) is 54.8 Å². The van der Waals surface area contributed by atoms with Gasteiger partial charge in [-0.15, -0.1) is 0 Å². The van der Waals surface area contributed by atoms with E-state index in [9.17, 15) is 25.0 Å². The number of nitro benzene ring substituents is 2. The fourth-order valence-electron chi connectivity index (χ4n) is 3.06. The van der Waals surface area contributed by atoms with Crippen molar-refractivity contribution in [3.63, 3.8) is 0 Å². The van der Waals surface area contributed by atoms with Gasteiger partial charge >= 0.3 is 5.69 Å². The maximum atomic E-state index is 12.3. The number of nitrogens with one attached hydrogen (secondary N) is 2. The minimum Gasteiger partial charge on any atom is -0.326 e. The minimum atomic E-state index is -0.743. The molecule has 174 valence electrons. The topological polar surface area (TPSA) is 140 Å². The molecule has 0 radical (unpaired) electrons. The lowest BCUT2D eigenvalue weighted by atomic mass is 10.0. The first-order chi connectivity index (χ1) is 16.2. The molecule has 0 saturated heterocycles. The summed E-state index contributed by atoms with van der Waals surface area (Å²) in [6.07, 6.45) is 0.724. The van der Waals surface area contributed by atoms with Gasteiger partial charge in [0.2, 0.25) is 5.91 Å². The quantitative estimate of drug-likeness (QED) is 0.209. The summed E-state index contributed by atoms with van der Waals surface area (Å²) >= 11 is 3.42. The summed E-state index contributed by atoms with van der Waals surface area (Å²) in [5.74, 6) is -0.304. The van der Waals surface area contributed by atoms with Crippen molar-refractivity contribution in [3.05, 3.63) is 103 Å². The van der Waals surface area contributed by atoms with Gasteiger partial charge in [-0.25, -0.2) is 0 Å². The molecular formula is C23H20BrN5O5. The van der Waals surface area contributed by atoms with E-state index in [2.05, 4.69) is 31.8 Å². The Morgan fingerprint density at radius 1 is 0.941 bits per heavy atom. The monoisotopic (exact) mass is 525 g/mol. The molecule has 0 saturated carbocycles. The molecule has 0 aliphatic rings. The van der Waals surface area contributed by atoms with E-state index in [1.807, 2.05) is 48.5 Å². The highest BCUT2D eigenvalue weighted by atomic mass is 79.9. The molecular weight excluding hydrogens is 506 g/mol. The molecule has 0 bridgehead atoms. The number of hydrogen-bond acceptors (Lipinski definition) is 7. The molecule has 2 N–H and O–H groups in total. The van der Waals surface area contributed by atoms with Crippen molar-refractivity contribution >= 4 is 50.3 Å². The predicted molar refractivity (Wildman–Crippen MR) is 133 cm³/mol. The first-order valence-corrected chi connectivity index (χ1v) is 10.9. The number of hydrazone groups is 1. The first-order valence-electron chi connectivity index (χ1n) is 10.1. The van der Waals surface area contributed by atoms with Crippen LogP contribution in [-0.2, 0) is 11.2 Å². The first kappa shape index (κ1) is 24.5. The molecule has 0 heterocycles. The van der Waals surface area contributed by atoms with E-state index in [4.69, 9.17) is 0 Å². The number of carbonyl (C=O) groups is 1. The van der Waals surface area contributed by atoms with Crippen molar-refractivity contribution in [2.75, 3.05) is 10.7 Å². The standard InChI is InChI=1S/C23H20BrN5O5/c1-15(26-27-21-11-10-20(28(31)32)14-22(21)29(33)34)12-23(30)25-19-8-4-17(5-9-19)13-16-2-6-18(24)7-3-16/h2-11,14,27H,12-13H2,1H3,(H,25,30)/b26-15-. The molecule has 0 unspecified atom stereocenters. The lowest BCUT2D eigenvalue weighted by Crippen LogP contribution is -2.15. The molecule has 34 heavy (non-hydrogen) atoms. The van der Waals surface area contributed by atoms with Gasteiger partial charge in [-0.1, -0.05) is 40.2 Å². The molecule has 0 fully saturated rings. The summed E-state index contributed by atoms with van der Waals surface area (Å²) in [4.78, 5) is 32.9. The van der Waals surface area contributed by atoms with Crippen molar-refractivity contribution < 1.29 is 14.6 Å². The van der Waals surface area contributed by atoms with E-state index in [0.29, 0.717) is 11.4 Å². The molecule has 11 heteroatoms. The maximum absolute atomic E-state index is 12.3. The van der Waals surface area contributed by atoms with Gasteiger partial charge in [-0.2, -0.15) is 5.10 Å². The SMILES string of the molecule is C/C(CC(=O)Nc1ccc(Cc2ccc(Br)cc2)cc1)=N/Nc1ccc([N+](=O)[O-])cc1[N+](=O)[O-]. The lowest BCUT2D eigenvalue weighted by molar-refractivity contribution is -0.393. The smallest absolute Gasteiger partial charge is 0.301 e. The fraction of sp³-hybridized carbons (Fsp3) is 0.130. The lowest BCUT2D eigenvalue weighted by Gasteiger charge is -2.08. The molecule has 3 rings (SSSR count). The van der Waals surface area contributed by atoms with Crippen molar-refractivity contribution in [1.29, 1.82) is 0 Å². The summed E-state index contributed by atoms with van der Waals surface area (Å²) in [5, 5.41) is 28.8. The van der Waals surface area contributed by atoms with Gasteiger partial charge in [-0.3, -0.25) is 30.4 Å². The number of nitrogens with zero attached hydrogens (tertiary/aromatic N) is 3. The Labute approximate surface area is 203 Å². The number of rotatable bonds is 9. The van der Waals surface area contributed by atoms with Crippen molar-refractivity contribution in [3.8, 4) is 0 Å². The highest BCUT2D eigenvalue weighted by molar-refractivity contribution is 9.10. The number of benzene rings is 3. The van der Waals surface area contributed by atoms with Gasteiger partial charge in [0.15, 0.2) is 0 Å². The van der Waals surface area contributed by atoms with Crippen molar-refractivity contribution in [1.82, 2.24) is 0 Å². The Kier molecular flexibility index (Phi) is 8.04. The normalized spacial score (nSPS) is 11.1. The third kappa shape index (κ3) is 6.94. The largest absolute Gasteiger partial charge is 0.326 e. The van der Waals surface area contributed by atoms with Crippen LogP contribution >= 0.6 is 15.9 Å². The Bertz CT molecular complexity index is 1240. The average molecular weight is 526 g/mol. The molecule has 10 nitrogen and oxygen atoms in total. The predicted octanol–water partition coefficient (Wildman–Crippen LogP) is 5.67. The molecule has 3 aromatic rings. The summed E-state index contributed by atoms with van der Waals surface area (Å²) in [6.45, 7) is 1.59. The number of carbonyl (C=O) groups excluding carboxylic acids is 1. The Morgan fingerprint density at radius 2 is 1.56 bits per heavy atom. The van der Waals surface area contributed by atoms with Crippen LogP contribution in [0.5, 0.6) is 0 Å². The third-order valence-corrected chi connectivity index (χ3v) is 5.26. The van der Waals surface area contributed by atoms with Crippen LogP contribution in [0.15, 0.2) is 76.3 Å². The Balaban J connectivity index is 1.57. The summed E-state index contributed by atoms with van der Waals surface area (Å²) in [7, 11) is 0. The molecule has 0 atom stereocenters. The number of halogens is 1. The van der Waals surface area contributed by atoms with Crippen LogP contribution in [0.4, 0.5) is 22.7 Å². The molecule has 0 aliphatic heterocycles. The molecule has 1 amide bonds. The zero-order valence-electron chi connectivity index (χ0n) is 18.0. The van der Waals surface area contributed by atoms with Crippen LogP contribution in [-0.4, -0.2) is 21.5 Å². The van der Waals surface area contributed by atoms with Gasteiger partial charge in [0.1, 0.15) is 5.69 Å². The van der Waals surface area contributed by atoms with E-state index in [1.165, 1.54) is 11.6 Å². The highest BCUT2D eigenvalue weighted by Crippen LogP contribution is 2.29. The third-order valence-electron chi connectivity index (χ3n) is 4.73. The highest BCUT2D eigenvalue weighted by Gasteiger charge is 2.19. The van der Waals surface area contributed by atoms with E-state index < -0.39 is 21.2 Å². The van der Waals surface area contributed by atoms with Crippen LogP contribution in [0.25, 0.3) is 0 Å².